The van der Waals surface area contributed by atoms with Crippen molar-refractivity contribution in [3.05, 3.63) is 22.4 Å². The molecule has 1 rings (SSSR count). The molecule has 5 nitrogen and oxygen atoms in total. The van der Waals surface area contributed by atoms with E-state index in [2.05, 4.69) is 46.3 Å². The topological polar surface area (TPSA) is 56.7 Å². The van der Waals surface area contributed by atoms with Crippen molar-refractivity contribution in [2.24, 2.45) is 10.9 Å². The van der Waals surface area contributed by atoms with E-state index in [0.717, 1.165) is 25.3 Å². The molecule has 0 fully saturated rings. The predicted molar refractivity (Wildman–Crippen MR) is 118 cm³/mol. The second kappa shape index (κ2) is 13.8. The maximum Gasteiger partial charge on any atom is 0.243 e. The Hall–Kier alpha value is -0.480. The first-order valence-corrected chi connectivity index (χ1v) is 10.0. The van der Waals surface area contributed by atoms with E-state index in [4.69, 9.17) is 0 Å². The zero-order chi connectivity index (χ0) is 17.1. The van der Waals surface area contributed by atoms with Crippen molar-refractivity contribution in [3.8, 4) is 0 Å². The van der Waals surface area contributed by atoms with Crippen LogP contribution < -0.4 is 10.6 Å². The molecular weight excluding hydrogens is 455 g/mol. The first kappa shape index (κ1) is 23.5. The molecule has 0 aromatic carbocycles. The molecule has 1 unspecified atom stereocenters. The molecule has 1 aromatic rings. The van der Waals surface area contributed by atoms with Gasteiger partial charge in [-0.05, 0) is 30.0 Å². The lowest BCUT2D eigenvalue weighted by Gasteiger charge is -2.16. The van der Waals surface area contributed by atoms with Gasteiger partial charge in [0.1, 0.15) is 6.54 Å². The van der Waals surface area contributed by atoms with Gasteiger partial charge in [0.15, 0.2) is 5.96 Å². The second-order valence-electron chi connectivity index (χ2n) is 5.64. The highest BCUT2D eigenvalue weighted by Crippen LogP contribution is 2.13. The lowest BCUT2D eigenvalue weighted by Crippen LogP contribution is -2.41. The Bertz CT molecular complexity index is 480. The normalized spacial score (nSPS) is 12.2. The number of halogens is 1. The summed E-state index contributed by atoms with van der Waals surface area (Å²) in [4.78, 5) is 19.0. The van der Waals surface area contributed by atoms with Gasteiger partial charge in [-0.15, -0.1) is 35.3 Å². The maximum absolute atomic E-state index is 11.7. The number of nitrogens with zero attached hydrogens (tertiary/aromatic N) is 2. The monoisotopic (exact) mass is 484 g/mol. The predicted octanol–water partition coefficient (Wildman–Crippen LogP) is 2.53. The minimum atomic E-state index is 0. The number of thiophene rings is 1. The molecule has 0 aliphatic rings. The number of amides is 1. The molecule has 0 aliphatic carbocycles. The molecule has 0 radical (unpaired) electrons. The van der Waals surface area contributed by atoms with Crippen molar-refractivity contribution in [2.45, 2.75) is 13.3 Å². The highest BCUT2D eigenvalue weighted by molar-refractivity contribution is 14.0. The van der Waals surface area contributed by atoms with Gasteiger partial charge in [-0.25, -0.2) is 4.99 Å². The van der Waals surface area contributed by atoms with Crippen LogP contribution in [0.1, 0.15) is 11.8 Å². The van der Waals surface area contributed by atoms with Crippen molar-refractivity contribution >= 4 is 58.9 Å². The second-order valence-corrected chi connectivity index (χ2v) is 7.66. The lowest BCUT2D eigenvalue weighted by atomic mass is 10.1. The van der Waals surface area contributed by atoms with Crippen molar-refractivity contribution < 1.29 is 4.79 Å². The third-order valence-corrected chi connectivity index (χ3v) is 4.73. The van der Waals surface area contributed by atoms with Gasteiger partial charge in [0, 0.05) is 37.8 Å². The Labute approximate surface area is 171 Å². The van der Waals surface area contributed by atoms with Crippen LogP contribution in [-0.2, 0) is 11.2 Å². The molecule has 8 heteroatoms. The van der Waals surface area contributed by atoms with E-state index in [1.807, 2.05) is 0 Å². The molecule has 0 saturated carbocycles. The van der Waals surface area contributed by atoms with E-state index in [1.165, 1.54) is 4.88 Å². The van der Waals surface area contributed by atoms with Gasteiger partial charge in [0.2, 0.25) is 5.91 Å². The van der Waals surface area contributed by atoms with Crippen molar-refractivity contribution in [3.63, 3.8) is 0 Å². The molecule has 24 heavy (non-hydrogen) atoms. The fourth-order valence-corrected chi connectivity index (χ4v) is 3.03. The lowest BCUT2D eigenvalue weighted by molar-refractivity contribution is -0.127. The van der Waals surface area contributed by atoms with Crippen LogP contribution in [0.4, 0.5) is 0 Å². The molecule has 138 valence electrons. The summed E-state index contributed by atoms with van der Waals surface area (Å²) in [5.74, 6) is 2.23. The Morgan fingerprint density at radius 1 is 1.42 bits per heavy atom. The molecule has 0 aliphatic heterocycles. The first-order chi connectivity index (χ1) is 11.0. The molecule has 0 bridgehead atoms. The van der Waals surface area contributed by atoms with E-state index < -0.39 is 0 Å². The van der Waals surface area contributed by atoms with Crippen molar-refractivity contribution in [2.75, 3.05) is 45.7 Å². The molecule has 0 spiro atoms. The number of aliphatic imine (C=N–C) groups is 1. The van der Waals surface area contributed by atoms with E-state index in [0.29, 0.717) is 11.9 Å². The Kier molecular flexibility index (Phi) is 13.5. The highest BCUT2D eigenvalue weighted by atomic mass is 127. The van der Waals surface area contributed by atoms with Crippen molar-refractivity contribution in [1.29, 1.82) is 0 Å². The number of hydrogen-bond donors (Lipinski definition) is 2. The Morgan fingerprint density at radius 2 is 2.17 bits per heavy atom. The van der Waals surface area contributed by atoms with Gasteiger partial charge >= 0.3 is 0 Å². The van der Waals surface area contributed by atoms with E-state index in [1.54, 1.807) is 42.1 Å². The summed E-state index contributed by atoms with van der Waals surface area (Å²) in [7, 11) is 3.49. The average molecular weight is 484 g/mol. The number of nitrogens with one attached hydrogen (secondary N) is 2. The quantitative estimate of drug-likeness (QED) is 0.245. The van der Waals surface area contributed by atoms with Gasteiger partial charge in [-0.1, -0.05) is 13.0 Å². The van der Waals surface area contributed by atoms with E-state index in [9.17, 15) is 4.79 Å². The summed E-state index contributed by atoms with van der Waals surface area (Å²) in [6, 6.07) is 4.26. The highest BCUT2D eigenvalue weighted by Gasteiger charge is 2.08. The fourth-order valence-electron chi connectivity index (χ4n) is 1.85. The number of likely N-dealkylation sites (N-methyl/N-ethyl adjacent to an activating group) is 1. The summed E-state index contributed by atoms with van der Waals surface area (Å²) < 4.78 is 0. The number of rotatable bonds is 9. The third-order valence-electron chi connectivity index (χ3n) is 3.22. The molecule has 1 aromatic heterocycles. The van der Waals surface area contributed by atoms with Crippen LogP contribution >= 0.6 is 47.1 Å². The van der Waals surface area contributed by atoms with Gasteiger partial charge in [-0.2, -0.15) is 11.8 Å². The molecule has 1 atom stereocenters. The third kappa shape index (κ3) is 10.4. The van der Waals surface area contributed by atoms with Crippen LogP contribution in [0, 0.1) is 5.92 Å². The Morgan fingerprint density at radius 3 is 2.75 bits per heavy atom. The molecule has 1 amide bonds. The SMILES string of the molecule is CSCCNC(=NCC(=O)N(C)C)NCC(C)Cc1cccs1.I. The standard InChI is InChI=1S/C16H28N4OS2.HI/c1-13(10-14-6-5-8-23-14)11-18-16(17-7-9-22-4)19-12-15(21)20(2)3;/h5-6,8,13H,7,9-12H2,1-4H3,(H2,17,18,19);1H. The first-order valence-electron chi connectivity index (χ1n) is 7.76. The zero-order valence-electron chi connectivity index (χ0n) is 14.9. The summed E-state index contributed by atoms with van der Waals surface area (Å²) >= 11 is 3.57. The van der Waals surface area contributed by atoms with Crippen LogP contribution in [-0.4, -0.2) is 62.5 Å². The van der Waals surface area contributed by atoms with Gasteiger partial charge < -0.3 is 15.5 Å². The van der Waals surface area contributed by atoms with Gasteiger partial charge in [-0.3, -0.25) is 4.79 Å². The van der Waals surface area contributed by atoms with E-state index in [-0.39, 0.29) is 36.4 Å². The van der Waals surface area contributed by atoms with Gasteiger partial charge in [0.05, 0.1) is 0 Å². The smallest absolute Gasteiger partial charge is 0.243 e. The maximum atomic E-state index is 11.7. The fraction of sp³-hybridized carbons (Fsp3) is 0.625. The van der Waals surface area contributed by atoms with Crippen LogP contribution in [0.3, 0.4) is 0 Å². The van der Waals surface area contributed by atoms with Crippen LogP contribution in [0.5, 0.6) is 0 Å². The number of guanidine groups is 1. The van der Waals surface area contributed by atoms with E-state index >= 15 is 0 Å². The summed E-state index contributed by atoms with van der Waals surface area (Å²) in [6.45, 7) is 4.06. The van der Waals surface area contributed by atoms with Crippen LogP contribution in [0.15, 0.2) is 22.5 Å². The van der Waals surface area contributed by atoms with Crippen molar-refractivity contribution in [1.82, 2.24) is 15.5 Å². The summed E-state index contributed by atoms with van der Waals surface area (Å²) in [5, 5.41) is 8.74. The number of carbonyl (C=O) groups is 1. The summed E-state index contributed by atoms with van der Waals surface area (Å²) in [6.07, 6.45) is 3.13. The molecule has 0 saturated heterocycles. The minimum Gasteiger partial charge on any atom is -0.356 e. The largest absolute Gasteiger partial charge is 0.356 e. The number of carbonyl (C=O) groups excluding carboxylic acids is 1. The van der Waals surface area contributed by atoms with Crippen LogP contribution in [0.25, 0.3) is 0 Å². The van der Waals surface area contributed by atoms with Crippen LogP contribution in [0.2, 0.25) is 0 Å². The number of thioether (sulfide) groups is 1. The average Bonchev–Trinajstić information content (AvgIpc) is 3.01. The molecular formula is C16H29IN4OS2. The molecule has 2 N–H and O–H groups in total. The minimum absolute atomic E-state index is 0. The Balaban J connectivity index is 0.00000529. The number of hydrogen-bond acceptors (Lipinski definition) is 4. The van der Waals surface area contributed by atoms with Gasteiger partial charge in [0.25, 0.3) is 0 Å². The summed E-state index contributed by atoms with van der Waals surface area (Å²) in [5.41, 5.74) is 0. The zero-order valence-corrected chi connectivity index (χ0v) is 18.8. The molecule has 1 heterocycles.